The highest BCUT2D eigenvalue weighted by Crippen LogP contribution is 2.23. The van der Waals surface area contributed by atoms with Crippen LogP contribution in [0.4, 0.5) is 0 Å². The lowest BCUT2D eigenvalue weighted by atomic mass is 10.2. The van der Waals surface area contributed by atoms with Crippen LogP contribution in [0.5, 0.6) is 5.75 Å². The van der Waals surface area contributed by atoms with Crippen molar-refractivity contribution in [2.45, 2.75) is 37.8 Å². The van der Waals surface area contributed by atoms with Crippen molar-refractivity contribution in [1.29, 1.82) is 0 Å². The normalized spacial score (nSPS) is 19.4. The summed E-state index contributed by atoms with van der Waals surface area (Å²) in [5, 5.41) is 2.97. The molecule has 1 N–H and O–H groups in total. The van der Waals surface area contributed by atoms with Crippen molar-refractivity contribution in [3.05, 3.63) is 54.0 Å². The molecule has 1 aromatic carbocycles. The first-order chi connectivity index (χ1) is 12.7. The standard InChI is InChI=1S/C20H22N2O4/c23-19(21-15-7-8-15)14-5-9-17(10-6-14)26-13-16-3-1-11-22(16)20(24)18-4-2-12-25-18/h2,4-6,9-10,12,15-16H,1,3,7-8,11,13H2,(H,21,23)/t16-/m0/s1. The minimum atomic E-state index is -0.0896. The van der Waals surface area contributed by atoms with Gasteiger partial charge in [0.15, 0.2) is 5.76 Å². The topological polar surface area (TPSA) is 71.8 Å². The molecule has 0 spiro atoms. The minimum Gasteiger partial charge on any atom is -0.491 e. The molecule has 0 radical (unpaired) electrons. The molecule has 6 nitrogen and oxygen atoms in total. The summed E-state index contributed by atoms with van der Waals surface area (Å²) in [6, 6.07) is 10.9. The highest BCUT2D eigenvalue weighted by Gasteiger charge is 2.31. The Morgan fingerprint density at radius 3 is 2.65 bits per heavy atom. The van der Waals surface area contributed by atoms with Gasteiger partial charge in [-0.15, -0.1) is 0 Å². The quantitative estimate of drug-likeness (QED) is 0.866. The molecule has 0 bridgehead atoms. The average Bonchev–Trinajstić information content (AvgIpc) is 3.15. The van der Waals surface area contributed by atoms with Crippen LogP contribution in [0.25, 0.3) is 0 Å². The van der Waals surface area contributed by atoms with E-state index in [2.05, 4.69) is 5.32 Å². The van der Waals surface area contributed by atoms with Crippen LogP contribution in [0.3, 0.4) is 0 Å². The fourth-order valence-electron chi connectivity index (χ4n) is 3.21. The van der Waals surface area contributed by atoms with E-state index in [1.807, 2.05) is 4.90 Å². The first kappa shape index (κ1) is 16.7. The lowest BCUT2D eigenvalue weighted by Crippen LogP contribution is -2.38. The van der Waals surface area contributed by atoms with E-state index in [4.69, 9.17) is 9.15 Å². The Labute approximate surface area is 152 Å². The highest BCUT2D eigenvalue weighted by atomic mass is 16.5. The second-order valence-corrected chi connectivity index (χ2v) is 6.86. The van der Waals surface area contributed by atoms with Gasteiger partial charge in [0, 0.05) is 18.2 Å². The monoisotopic (exact) mass is 354 g/mol. The molecule has 1 aliphatic heterocycles. The summed E-state index contributed by atoms with van der Waals surface area (Å²) in [5.74, 6) is 0.937. The zero-order chi connectivity index (χ0) is 17.9. The third kappa shape index (κ3) is 3.74. The van der Waals surface area contributed by atoms with Crippen LogP contribution in [0.1, 0.15) is 46.6 Å². The maximum Gasteiger partial charge on any atom is 0.289 e. The number of ether oxygens (including phenoxy) is 1. The van der Waals surface area contributed by atoms with E-state index in [0.29, 0.717) is 36.3 Å². The number of benzene rings is 1. The number of furan rings is 1. The Bertz CT molecular complexity index is 766. The molecular weight excluding hydrogens is 332 g/mol. The fraction of sp³-hybridized carbons (Fsp3) is 0.400. The number of likely N-dealkylation sites (tertiary alicyclic amines) is 1. The SMILES string of the molecule is O=C(NC1CC1)c1ccc(OC[C@@H]2CCCN2C(=O)c2ccco2)cc1. The zero-order valence-electron chi connectivity index (χ0n) is 14.5. The van der Waals surface area contributed by atoms with E-state index in [0.717, 1.165) is 25.7 Å². The van der Waals surface area contributed by atoms with Gasteiger partial charge in [-0.3, -0.25) is 9.59 Å². The number of nitrogens with one attached hydrogen (secondary N) is 1. The van der Waals surface area contributed by atoms with Crippen LogP contribution in [0.2, 0.25) is 0 Å². The van der Waals surface area contributed by atoms with E-state index >= 15 is 0 Å². The second-order valence-electron chi connectivity index (χ2n) is 6.86. The summed E-state index contributed by atoms with van der Waals surface area (Å²) in [5.41, 5.74) is 0.639. The molecule has 136 valence electrons. The number of hydrogen-bond acceptors (Lipinski definition) is 4. The molecular formula is C20H22N2O4. The van der Waals surface area contributed by atoms with Crippen LogP contribution in [-0.2, 0) is 0 Å². The third-order valence-electron chi connectivity index (χ3n) is 4.84. The molecule has 2 fully saturated rings. The van der Waals surface area contributed by atoms with Gasteiger partial charge in [0.05, 0.1) is 12.3 Å². The number of carbonyl (C=O) groups is 2. The lowest BCUT2D eigenvalue weighted by molar-refractivity contribution is 0.0659. The second kappa shape index (κ2) is 7.23. The summed E-state index contributed by atoms with van der Waals surface area (Å²) < 4.78 is 11.1. The van der Waals surface area contributed by atoms with Crippen LogP contribution in [0, 0.1) is 0 Å². The van der Waals surface area contributed by atoms with Gasteiger partial charge in [0.1, 0.15) is 12.4 Å². The zero-order valence-corrected chi connectivity index (χ0v) is 14.5. The van der Waals surface area contributed by atoms with Gasteiger partial charge in [-0.2, -0.15) is 0 Å². The van der Waals surface area contributed by atoms with Crippen LogP contribution >= 0.6 is 0 Å². The summed E-state index contributed by atoms with van der Waals surface area (Å²) in [6.45, 7) is 1.15. The van der Waals surface area contributed by atoms with Crippen LogP contribution in [-0.4, -0.2) is 41.9 Å². The number of rotatable bonds is 6. The largest absolute Gasteiger partial charge is 0.491 e. The van der Waals surface area contributed by atoms with E-state index in [1.54, 1.807) is 36.4 Å². The molecule has 1 aliphatic carbocycles. The molecule has 26 heavy (non-hydrogen) atoms. The molecule has 4 rings (SSSR count). The first-order valence-electron chi connectivity index (χ1n) is 9.09. The molecule has 2 amide bonds. The van der Waals surface area contributed by atoms with Gasteiger partial charge < -0.3 is 19.4 Å². The van der Waals surface area contributed by atoms with Gasteiger partial charge in [0.2, 0.25) is 0 Å². The Kier molecular flexibility index (Phi) is 4.65. The minimum absolute atomic E-state index is 0.0328. The van der Waals surface area contributed by atoms with E-state index < -0.39 is 0 Å². The predicted molar refractivity (Wildman–Crippen MR) is 95.2 cm³/mol. The molecule has 6 heteroatoms. The molecule has 1 atom stereocenters. The molecule has 1 saturated carbocycles. The molecule has 1 saturated heterocycles. The molecule has 1 aromatic heterocycles. The van der Waals surface area contributed by atoms with Crippen LogP contribution < -0.4 is 10.1 Å². The first-order valence-corrected chi connectivity index (χ1v) is 9.09. The average molecular weight is 354 g/mol. The summed E-state index contributed by atoms with van der Waals surface area (Å²) >= 11 is 0. The Hall–Kier alpha value is -2.76. The van der Waals surface area contributed by atoms with Gasteiger partial charge >= 0.3 is 0 Å². The van der Waals surface area contributed by atoms with Crippen molar-refractivity contribution in [3.8, 4) is 5.75 Å². The smallest absolute Gasteiger partial charge is 0.289 e. The Morgan fingerprint density at radius 1 is 1.15 bits per heavy atom. The number of nitrogens with zero attached hydrogens (tertiary/aromatic N) is 1. The maximum atomic E-state index is 12.5. The predicted octanol–water partition coefficient (Wildman–Crippen LogP) is 2.86. The number of carbonyl (C=O) groups excluding carboxylic acids is 2. The van der Waals surface area contributed by atoms with Crippen LogP contribution in [0.15, 0.2) is 47.1 Å². The van der Waals surface area contributed by atoms with Crippen molar-refractivity contribution in [3.63, 3.8) is 0 Å². The summed E-state index contributed by atoms with van der Waals surface area (Å²) in [4.78, 5) is 26.3. The third-order valence-corrected chi connectivity index (χ3v) is 4.84. The fourth-order valence-corrected chi connectivity index (χ4v) is 3.21. The summed E-state index contributed by atoms with van der Waals surface area (Å²) in [6.07, 6.45) is 5.52. The van der Waals surface area contributed by atoms with E-state index in [-0.39, 0.29) is 17.9 Å². The van der Waals surface area contributed by atoms with Gasteiger partial charge in [-0.1, -0.05) is 0 Å². The summed E-state index contributed by atoms with van der Waals surface area (Å²) in [7, 11) is 0. The Morgan fingerprint density at radius 2 is 1.96 bits per heavy atom. The molecule has 2 aliphatic rings. The molecule has 0 unspecified atom stereocenters. The molecule has 2 heterocycles. The molecule has 2 aromatic rings. The highest BCUT2D eigenvalue weighted by molar-refractivity contribution is 5.94. The van der Waals surface area contributed by atoms with Crippen molar-refractivity contribution in [1.82, 2.24) is 10.2 Å². The van der Waals surface area contributed by atoms with Crippen molar-refractivity contribution >= 4 is 11.8 Å². The van der Waals surface area contributed by atoms with Crippen molar-refractivity contribution in [2.24, 2.45) is 0 Å². The van der Waals surface area contributed by atoms with Gasteiger partial charge in [0.25, 0.3) is 11.8 Å². The van der Waals surface area contributed by atoms with E-state index in [1.165, 1.54) is 6.26 Å². The van der Waals surface area contributed by atoms with Gasteiger partial charge in [-0.05, 0) is 62.1 Å². The van der Waals surface area contributed by atoms with Gasteiger partial charge in [-0.25, -0.2) is 0 Å². The number of hydrogen-bond donors (Lipinski definition) is 1. The van der Waals surface area contributed by atoms with E-state index in [9.17, 15) is 9.59 Å². The number of amides is 2. The van der Waals surface area contributed by atoms with Crippen molar-refractivity contribution in [2.75, 3.05) is 13.2 Å². The Balaban J connectivity index is 1.32. The lowest BCUT2D eigenvalue weighted by Gasteiger charge is -2.24. The maximum absolute atomic E-state index is 12.5. The van der Waals surface area contributed by atoms with Crippen molar-refractivity contribution < 1.29 is 18.7 Å².